The molecule has 1 aromatic heterocycles. The lowest BCUT2D eigenvalue weighted by atomic mass is 9.91. The maximum atomic E-state index is 11.9. The monoisotopic (exact) mass is 347 g/mol. The lowest BCUT2D eigenvalue weighted by Gasteiger charge is -2.34. The van der Waals surface area contributed by atoms with E-state index in [-0.39, 0.29) is 6.61 Å². The van der Waals surface area contributed by atoms with Gasteiger partial charge in [0.15, 0.2) is 0 Å². The number of fused-ring (bicyclic) bond motifs is 1. The van der Waals surface area contributed by atoms with E-state index in [0.29, 0.717) is 19.0 Å². The van der Waals surface area contributed by atoms with E-state index in [4.69, 9.17) is 9.72 Å². The molecule has 0 aliphatic carbocycles. The molecule has 1 aromatic rings. The number of aromatic nitrogens is 1. The molecule has 0 radical (unpaired) electrons. The molecular weight excluding hydrogens is 322 g/mol. The second kappa shape index (κ2) is 7.82. The number of likely N-dealkylation sites (tertiary alicyclic amines) is 1. The first-order chi connectivity index (χ1) is 12.1. The Balaban J connectivity index is 1.65. The van der Waals surface area contributed by atoms with Gasteiger partial charge in [0.2, 0.25) is 6.04 Å². The van der Waals surface area contributed by atoms with Crippen LogP contribution in [0, 0.1) is 0 Å². The van der Waals surface area contributed by atoms with Gasteiger partial charge in [-0.05, 0) is 44.2 Å². The summed E-state index contributed by atoms with van der Waals surface area (Å²) >= 11 is 0. The molecule has 2 N–H and O–H groups in total. The normalized spacial score (nSPS) is 19.6. The molecule has 7 heteroatoms. The molecule has 2 aliphatic heterocycles. The number of aliphatic carboxylic acids is 1. The second-order valence-electron chi connectivity index (χ2n) is 6.58. The Bertz CT molecular complexity index is 641. The number of piperidine rings is 1. The summed E-state index contributed by atoms with van der Waals surface area (Å²) in [5.41, 5.74) is 2.32. The summed E-state index contributed by atoms with van der Waals surface area (Å²) in [7, 11) is 0. The highest BCUT2D eigenvalue weighted by atomic mass is 16.5. The minimum atomic E-state index is -1.21. The van der Waals surface area contributed by atoms with E-state index in [9.17, 15) is 14.7 Å². The van der Waals surface area contributed by atoms with Crippen LogP contribution in [0.1, 0.15) is 43.4 Å². The third-order valence-electron chi connectivity index (χ3n) is 4.97. The maximum Gasteiger partial charge on any atom is 0.335 e. The molecule has 1 atom stereocenters. The summed E-state index contributed by atoms with van der Waals surface area (Å²) in [5, 5.41) is 12.7. The van der Waals surface area contributed by atoms with Crippen LogP contribution >= 0.6 is 0 Å². The molecule has 1 unspecified atom stereocenters. The highest BCUT2D eigenvalue weighted by Gasteiger charge is 2.36. The number of hydrogen-bond donors (Lipinski definition) is 2. The van der Waals surface area contributed by atoms with Crippen LogP contribution < -0.4 is 5.32 Å². The van der Waals surface area contributed by atoms with E-state index >= 15 is 0 Å². The first kappa shape index (κ1) is 17.7. The molecule has 25 heavy (non-hydrogen) atoms. The van der Waals surface area contributed by atoms with Crippen LogP contribution in [0.3, 0.4) is 0 Å². The number of rotatable bonds is 5. The summed E-state index contributed by atoms with van der Waals surface area (Å²) in [6.07, 6.45) is 3.77. The molecule has 0 saturated carbocycles. The Morgan fingerprint density at radius 3 is 2.84 bits per heavy atom. The lowest BCUT2D eigenvalue weighted by molar-refractivity contribution is -0.161. The number of carbonyl (C=O) groups is 2. The van der Waals surface area contributed by atoms with Gasteiger partial charge in [-0.3, -0.25) is 4.90 Å². The largest absolute Gasteiger partial charge is 0.480 e. The molecular formula is C18H25N3O4. The number of ether oxygens (including phenoxy) is 1. The van der Waals surface area contributed by atoms with Crippen molar-refractivity contribution >= 4 is 17.8 Å². The predicted octanol–water partition coefficient (Wildman–Crippen LogP) is 1.64. The SMILES string of the molecule is CCOC(=O)C(C(=O)O)N1CCC(c2ccc3c(n2)NCCC3)CC1. The summed E-state index contributed by atoms with van der Waals surface area (Å²) in [6, 6.07) is 3.03. The van der Waals surface area contributed by atoms with Crippen LogP contribution in [-0.4, -0.2) is 59.2 Å². The Morgan fingerprint density at radius 1 is 1.40 bits per heavy atom. The van der Waals surface area contributed by atoms with E-state index in [2.05, 4.69) is 17.4 Å². The van der Waals surface area contributed by atoms with Gasteiger partial charge in [0.05, 0.1) is 6.61 Å². The number of carboxylic acids is 1. The molecule has 0 spiro atoms. The Labute approximate surface area is 147 Å². The van der Waals surface area contributed by atoms with E-state index in [1.54, 1.807) is 11.8 Å². The van der Waals surface area contributed by atoms with Gasteiger partial charge in [-0.15, -0.1) is 0 Å². The van der Waals surface area contributed by atoms with Gasteiger partial charge in [-0.2, -0.15) is 0 Å². The minimum absolute atomic E-state index is 0.186. The quantitative estimate of drug-likeness (QED) is 0.618. The third-order valence-corrected chi connectivity index (χ3v) is 4.97. The number of hydrogen-bond acceptors (Lipinski definition) is 6. The number of anilines is 1. The van der Waals surface area contributed by atoms with Crippen molar-refractivity contribution in [3.63, 3.8) is 0 Å². The standard InChI is InChI=1S/C18H25N3O4/c1-2-25-18(24)15(17(22)23)21-10-7-12(8-11-21)14-6-5-13-4-3-9-19-16(13)20-14/h5-6,12,15H,2-4,7-11H2,1H3,(H,19,20)(H,22,23). The number of nitrogens with zero attached hydrogens (tertiary/aromatic N) is 2. The molecule has 7 nitrogen and oxygen atoms in total. The fourth-order valence-corrected chi connectivity index (χ4v) is 3.65. The summed E-state index contributed by atoms with van der Waals surface area (Å²) < 4.78 is 4.91. The van der Waals surface area contributed by atoms with Gasteiger partial charge in [0, 0.05) is 31.2 Å². The highest BCUT2D eigenvalue weighted by Crippen LogP contribution is 2.30. The van der Waals surface area contributed by atoms with Crippen molar-refractivity contribution in [1.29, 1.82) is 0 Å². The minimum Gasteiger partial charge on any atom is -0.480 e. The molecule has 3 rings (SSSR count). The van der Waals surface area contributed by atoms with Crippen LogP contribution in [0.25, 0.3) is 0 Å². The van der Waals surface area contributed by atoms with Crippen LogP contribution in [-0.2, 0) is 20.7 Å². The second-order valence-corrected chi connectivity index (χ2v) is 6.58. The van der Waals surface area contributed by atoms with Gasteiger partial charge in [0.1, 0.15) is 5.82 Å². The van der Waals surface area contributed by atoms with Crippen LogP contribution in [0.5, 0.6) is 0 Å². The Morgan fingerprint density at radius 2 is 2.16 bits per heavy atom. The first-order valence-corrected chi connectivity index (χ1v) is 8.97. The fraction of sp³-hybridized carbons (Fsp3) is 0.611. The lowest BCUT2D eigenvalue weighted by Crippen LogP contribution is -2.50. The number of carbonyl (C=O) groups excluding carboxylic acids is 1. The predicted molar refractivity (Wildman–Crippen MR) is 92.7 cm³/mol. The number of aryl methyl sites for hydroxylation is 1. The molecule has 2 aliphatic rings. The Kier molecular flexibility index (Phi) is 5.53. The topological polar surface area (TPSA) is 91.8 Å². The van der Waals surface area contributed by atoms with Crippen molar-refractivity contribution in [2.24, 2.45) is 0 Å². The molecule has 3 heterocycles. The number of carboxylic acid groups (broad SMARTS) is 1. The number of pyridine rings is 1. The van der Waals surface area contributed by atoms with Crippen molar-refractivity contribution in [1.82, 2.24) is 9.88 Å². The summed E-state index contributed by atoms with van der Waals surface area (Å²) in [4.78, 5) is 29.9. The number of esters is 1. The zero-order valence-corrected chi connectivity index (χ0v) is 14.5. The van der Waals surface area contributed by atoms with Crippen molar-refractivity contribution in [3.8, 4) is 0 Å². The van der Waals surface area contributed by atoms with Crippen molar-refractivity contribution in [3.05, 3.63) is 23.4 Å². The zero-order valence-electron chi connectivity index (χ0n) is 14.5. The zero-order chi connectivity index (χ0) is 17.8. The van der Waals surface area contributed by atoms with Crippen molar-refractivity contribution in [2.75, 3.05) is 31.6 Å². The smallest absolute Gasteiger partial charge is 0.335 e. The average molecular weight is 347 g/mol. The van der Waals surface area contributed by atoms with Gasteiger partial charge in [-0.25, -0.2) is 14.6 Å². The van der Waals surface area contributed by atoms with Crippen LogP contribution in [0.15, 0.2) is 12.1 Å². The van der Waals surface area contributed by atoms with Crippen molar-refractivity contribution in [2.45, 2.75) is 44.6 Å². The maximum absolute atomic E-state index is 11.9. The first-order valence-electron chi connectivity index (χ1n) is 8.97. The van der Waals surface area contributed by atoms with E-state index in [1.165, 1.54) is 5.56 Å². The van der Waals surface area contributed by atoms with Gasteiger partial charge in [0.25, 0.3) is 0 Å². The van der Waals surface area contributed by atoms with Gasteiger partial charge < -0.3 is 15.2 Å². The van der Waals surface area contributed by atoms with Gasteiger partial charge in [-0.1, -0.05) is 6.07 Å². The van der Waals surface area contributed by atoms with E-state index in [0.717, 1.165) is 43.7 Å². The third kappa shape index (κ3) is 3.92. The summed E-state index contributed by atoms with van der Waals surface area (Å²) in [6.45, 7) is 3.92. The van der Waals surface area contributed by atoms with Crippen LogP contribution in [0.4, 0.5) is 5.82 Å². The molecule has 1 fully saturated rings. The summed E-state index contributed by atoms with van der Waals surface area (Å²) in [5.74, 6) is -0.541. The molecule has 0 amide bonds. The van der Waals surface area contributed by atoms with E-state index in [1.807, 2.05) is 0 Å². The Hall–Kier alpha value is -2.15. The van der Waals surface area contributed by atoms with Crippen molar-refractivity contribution < 1.29 is 19.4 Å². The molecule has 1 saturated heterocycles. The molecule has 0 bridgehead atoms. The fourth-order valence-electron chi connectivity index (χ4n) is 3.65. The number of nitrogens with one attached hydrogen (secondary N) is 1. The van der Waals surface area contributed by atoms with Gasteiger partial charge >= 0.3 is 11.9 Å². The molecule has 0 aromatic carbocycles. The molecule has 136 valence electrons. The van der Waals surface area contributed by atoms with E-state index < -0.39 is 18.0 Å². The highest BCUT2D eigenvalue weighted by molar-refractivity contribution is 5.98. The average Bonchev–Trinajstić information content (AvgIpc) is 2.62. The van der Waals surface area contributed by atoms with Crippen LogP contribution in [0.2, 0.25) is 0 Å².